The molecule has 1 N–H and O–H groups in total. The minimum absolute atomic E-state index is 0.0489. The molecule has 1 aliphatic rings. The van der Waals surface area contributed by atoms with Gasteiger partial charge in [0.15, 0.2) is 0 Å². The molecule has 1 unspecified atom stereocenters. The van der Waals surface area contributed by atoms with E-state index in [2.05, 4.69) is 50.5 Å². The van der Waals surface area contributed by atoms with Crippen molar-refractivity contribution in [1.82, 2.24) is 5.32 Å². The fourth-order valence-corrected chi connectivity index (χ4v) is 3.48. The Morgan fingerprint density at radius 1 is 1.32 bits per heavy atom. The predicted octanol–water partition coefficient (Wildman–Crippen LogP) is 3.47. The summed E-state index contributed by atoms with van der Waals surface area (Å²) in [7, 11) is 2.07. The Balaban J connectivity index is 2.14. The standard InChI is InChI=1S/C17H27NO/c1-4-19-17(10-5-6-11-17)16(18-3)13-15-9-7-8-14(2)12-15/h7-9,12,16,18H,4-6,10-11,13H2,1-3H3. The average Bonchev–Trinajstić information content (AvgIpc) is 2.86. The summed E-state index contributed by atoms with van der Waals surface area (Å²) in [5.41, 5.74) is 2.79. The second-order valence-corrected chi connectivity index (χ2v) is 5.74. The first-order valence-corrected chi connectivity index (χ1v) is 7.57. The molecular weight excluding hydrogens is 234 g/mol. The SMILES string of the molecule is CCOC1(C(Cc2cccc(C)c2)NC)CCCC1. The van der Waals surface area contributed by atoms with Crippen molar-refractivity contribution in [2.45, 2.75) is 57.6 Å². The third kappa shape index (κ3) is 3.37. The Kier molecular flexibility index (Phi) is 5.00. The van der Waals surface area contributed by atoms with E-state index >= 15 is 0 Å². The van der Waals surface area contributed by atoms with Crippen LogP contribution in [0, 0.1) is 6.92 Å². The smallest absolute Gasteiger partial charge is 0.0837 e. The topological polar surface area (TPSA) is 21.3 Å². The number of aryl methyl sites for hydroxylation is 1. The molecule has 0 aliphatic heterocycles. The summed E-state index contributed by atoms with van der Waals surface area (Å²) in [5.74, 6) is 0. The fourth-order valence-electron chi connectivity index (χ4n) is 3.48. The molecular formula is C17H27NO. The van der Waals surface area contributed by atoms with Gasteiger partial charge in [-0.05, 0) is 45.7 Å². The fraction of sp³-hybridized carbons (Fsp3) is 0.647. The summed E-state index contributed by atoms with van der Waals surface area (Å²) in [4.78, 5) is 0. The zero-order valence-corrected chi connectivity index (χ0v) is 12.5. The molecule has 1 fully saturated rings. The Bertz CT molecular complexity index is 396. The Hall–Kier alpha value is -0.860. The first-order valence-electron chi connectivity index (χ1n) is 7.57. The van der Waals surface area contributed by atoms with Crippen LogP contribution in [0.4, 0.5) is 0 Å². The molecule has 0 radical (unpaired) electrons. The second kappa shape index (κ2) is 6.53. The summed E-state index contributed by atoms with van der Waals surface area (Å²) in [6, 6.07) is 9.24. The molecule has 0 spiro atoms. The summed E-state index contributed by atoms with van der Waals surface area (Å²) in [6.07, 6.45) is 6.03. The molecule has 1 saturated carbocycles. The van der Waals surface area contributed by atoms with E-state index in [1.165, 1.54) is 36.8 Å². The van der Waals surface area contributed by atoms with Crippen LogP contribution < -0.4 is 5.32 Å². The lowest BCUT2D eigenvalue weighted by Crippen LogP contribution is -2.51. The van der Waals surface area contributed by atoms with Gasteiger partial charge in [-0.2, -0.15) is 0 Å². The van der Waals surface area contributed by atoms with Crippen LogP contribution in [-0.2, 0) is 11.2 Å². The van der Waals surface area contributed by atoms with Gasteiger partial charge in [-0.15, -0.1) is 0 Å². The van der Waals surface area contributed by atoms with Crippen LogP contribution in [-0.4, -0.2) is 25.3 Å². The van der Waals surface area contributed by atoms with Gasteiger partial charge in [0.2, 0.25) is 0 Å². The number of ether oxygens (including phenoxy) is 1. The first kappa shape index (κ1) is 14.5. The van der Waals surface area contributed by atoms with Gasteiger partial charge in [0, 0.05) is 12.6 Å². The third-order valence-corrected chi connectivity index (χ3v) is 4.39. The van der Waals surface area contributed by atoms with E-state index in [1.54, 1.807) is 0 Å². The van der Waals surface area contributed by atoms with Crippen molar-refractivity contribution in [3.05, 3.63) is 35.4 Å². The first-order chi connectivity index (χ1) is 9.20. The van der Waals surface area contributed by atoms with Gasteiger partial charge in [0.05, 0.1) is 5.60 Å². The molecule has 1 atom stereocenters. The maximum absolute atomic E-state index is 6.18. The van der Waals surface area contributed by atoms with Gasteiger partial charge in [-0.25, -0.2) is 0 Å². The van der Waals surface area contributed by atoms with Gasteiger partial charge >= 0.3 is 0 Å². The molecule has 0 heterocycles. The van der Waals surface area contributed by atoms with E-state index in [4.69, 9.17) is 4.74 Å². The molecule has 1 aliphatic carbocycles. The molecule has 0 amide bonds. The molecule has 1 aromatic rings. The zero-order valence-electron chi connectivity index (χ0n) is 12.5. The minimum atomic E-state index is 0.0489. The van der Waals surface area contributed by atoms with Crippen molar-refractivity contribution in [2.24, 2.45) is 0 Å². The molecule has 1 aromatic carbocycles. The summed E-state index contributed by atoms with van der Waals surface area (Å²) < 4.78 is 6.18. The summed E-state index contributed by atoms with van der Waals surface area (Å²) >= 11 is 0. The molecule has 106 valence electrons. The highest BCUT2D eigenvalue weighted by Gasteiger charge is 2.41. The van der Waals surface area contributed by atoms with Crippen molar-refractivity contribution in [2.75, 3.05) is 13.7 Å². The summed E-state index contributed by atoms with van der Waals surface area (Å²) in [6.45, 7) is 5.08. The predicted molar refractivity (Wildman–Crippen MR) is 80.6 cm³/mol. The second-order valence-electron chi connectivity index (χ2n) is 5.74. The number of likely N-dealkylation sites (N-methyl/N-ethyl adjacent to an activating group) is 1. The quantitative estimate of drug-likeness (QED) is 0.846. The molecule has 0 aromatic heterocycles. The van der Waals surface area contributed by atoms with Crippen LogP contribution >= 0.6 is 0 Å². The molecule has 0 saturated heterocycles. The molecule has 2 heteroatoms. The maximum Gasteiger partial charge on any atom is 0.0837 e. The normalized spacial score (nSPS) is 19.5. The van der Waals surface area contributed by atoms with E-state index in [0.29, 0.717) is 6.04 Å². The van der Waals surface area contributed by atoms with E-state index in [-0.39, 0.29) is 5.60 Å². The van der Waals surface area contributed by atoms with Crippen molar-refractivity contribution in [3.63, 3.8) is 0 Å². The molecule has 2 nitrogen and oxygen atoms in total. The molecule has 0 bridgehead atoms. The number of rotatable bonds is 6. The average molecular weight is 261 g/mol. The van der Waals surface area contributed by atoms with Crippen LogP contribution in [0.5, 0.6) is 0 Å². The number of nitrogens with one attached hydrogen (secondary N) is 1. The van der Waals surface area contributed by atoms with E-state index < -0.39 is 0 Å². The number of hydrogen-bond acceptors (Lipinski definition) is 2. The lowest BCUT2D eigenvalue weighted by atomic mass is 9.87. The van der Waals surface area contributed by atoms with Gasteiger partial charge in [-0.1, -0.05) is 42.7 Å². The van der Waals surface area contributed by atoms with Crippen molar-refractivity contribution < 1.29 is 4.74 Å². The highest BCUT2D eigenvalue weighted by atomic mass is 16.5. The molecule has 2 rings (SSSR count). The lowest BCUT2D eigenvalue weighted by molar-refractivity contribution is -0.0597. The Morgan fingerprint density at radius 2 is 2.05 bits per heavy atom. The van der Waals surface area contributed by atoms with E-state index in [1.807, 2.05) is 0 Å². The monoisotopic (exact) mass is 261 g/mol. The lowest BCUT2D eigenvalue weighted by Gasteiger charge is -2.37. The van der Waals surface area contributed by atoms with Crippen LogP contribution in [0.2, 0.25) is 0 Å². The zero-order chi connectivity index (χ0) is 13.7. The van der Waals surface area contributed by atoms with Crippen LogP contribution in [0.1, 0.15) is 43.7 Å². The third-order valence-electron chi connectivity index (χ3n) is 4.39. The van der Waals surface area contributed by atoms with Crippen LogP contribution in [0.15, 0.2) is 24.3 Å². The highest BCUT2D eigenvalue weighted by molar-refractivity contribution is 5.24. The van der Waals surface area contributed by atoms with Gasteiger partial charge in [0.25, 0.3) is 0 Å². The van der Waals surface area contributed by atoms with E-state index in [9.17, 15) is 0 Å². The Labute approximate surface area is 117 Å². The van der Waals surface area contributed by atoms with Crippen LogP contribution in [0.25, 0.3) is 0 Å². The van der Waals surface area contributed by atoms with Crippen molar-refractivity contribution in [3.8, 4) is 0 Å². The highest BCUT2D eigenvalue weighted by Crippen LogP contribution is 2.37. The Morgan fingerprint density at radius 3 is 2.63 bits per heavy atom. The van der Waals surface area contributed by atoms with Crippen molar-refractivity contribution in [1.29, 1.82) is 0 Å². The minimum Gasteiger partial charge on any atom is -0.374 e. The number of hydrogen-bond donors (Lipinski definition) is 1. The van der Waals surface area contributed by atoms with Gasteiger partial charge in [0.1, 0.15) is 0 Å². The largest absolute Gasteiger partial charge is 0.374 e. The maximum atomic E-state index is 6.18. The van der Waals surface area contributed by atoms with Crippen LogP contribution in [0.3, 0.4) is 0 Å². The van der Waals surface area contributed by atoms with Gasteiger partial charge in [-0.3, -0.25) is 0 Å². The van der Waals surface area contributed by atoms with Crippen molar-refractivity contribution >= 4 is 0 Å². The molecule has 19 heavy (non-hydrogen) atoms. The van der Waals surface area contributed by atoms with E-state index in [0.717, 1.165) is 13.0 Å². The number of benzene rings is 1. The van der Waals surface area contributed by atoms with Gasteiger partial charge < -0.3 is 10.1 Å². The summed E-state index contributed by atoms with van der Waals surface area (Å²) in [5, 5.41) is 3.51.